The largest absolute Gasteiger partial charge is 0.384 e. The summed E-state index contributed by atoms with van der Waals surface area (Å²) in [4.78, 5) is 8.33. The zero-order valence-electron chi connectivity index (χ0n) is 9.73. The summed E-state index contributed by atoms with van der Waals surface area (Å²) >= 11 is 0. The van der Waals surface area contributed by atoms with Gasteiger partial charge in [0.05, 0.1) is 5.69 Å². The molecule has 5 heteroatoms. The van der Waals surface area contributed by atoms with E-state index in [4.69, 9.17) is 5.73 Å². The van der Waals surface area contributed by atoms with Crippen LogP contribution in [0.3, 0.4) is 0 Å². The van der Waals surface area contributed by atoms with Crippen molar-refractivity contribution in [1.29, 1.82) is 0 Å². The molecule has 0 bridgehead atoms. The zero-order valence-corrected chi connectivity index (χ0v) is 9.73. The predicted octanol–water partition coefficient (Wildman–Crippen LogP) is 1.42. The Morgan fingerprint density at radius 1 is 1.38 bits per heavy atom. The van der Waals surface area contributed by atoms with Crippen molar-refractivity contribution in [2.45, 2.75) is 27.2 Å². The number of rotatable bonds is 2. The van der Waals surface area contributed by atoms with Crippen LogP contribution in [0.1, 0.15) is 23.9 Å². The molecule has 0 fully saturated rings. The van der Waals surface area contributed by atoms with Crippen molar-refractivity contribution in [2.24, 2.45) is 0 Å². The number of hydrogen-bond acceptors (Lipinski definition) is 4. The summed E-state index contributed by atoms with van der Waals surface area (Å²) in [6.07, 6.45) is 2.60. The molecule has 0 saturated heterocycles. The third-order valence-electron chi connectivity index (χ3n) is 2.65. The van der Waals surface area contributed by atoms with Gasteiger partial charge in [-0.3, -0.25) is 0 Å². The first-order valence-electron chi connectivity index (χ1n) is 5.27. The van der Waals surface area contributed by atoms with Crippen LogP contribution in [0.25, 0.3) is 5.95 Å². The van der Waals surface area contributed by atoms with Gasteiger partial charge in [-0.2, -0.15) is 10.1 Å². The number of anilines is 1. The van der Waals surface area contributed by atoms with Gasteiger partial charge in [-0.25, -0.2) is 9.67 Å². The smallest absolute Gasteiger partial charge is 0.252 e. The lowest BCUT2D eigenvalue weighted by atomic mass is 10.1. The zero-order chi connectivity index (χ0) is 11.7. The van der Waals surface area contributed by atoms with E-state index < -0.39 is 0 Å². The Labute approximate surface area is 94.3 Å². The van der Waals surface area contributed by atoms with Gasteiger partial charge in [0.2, 0.25) is 0 Å². The highest BCUT2D eigenvalue weighted by molar-refractivity contribution is 5.33. The van der Waals surface area contributed by atoms with E-state index in [2.05, 4.69) is 22.0 Å². The molecule has 2 rings (SSSR count). The first-order valence-corrected chi connectivity index (χ1v) is 5.27. The molecule has 0 radical (unpaired) electrons. The second-order valence-corrected chi connectivity index (χ2v) is 3.70. The van der Waals surface area contributed by atoms with Crippen LogP contribution in [0.5, 0.6) is 0 Å². The molecule has 0 amide bonds. The van der Waals surface area contributed by atoms with Crippen molar-refractivity contribution in [3.05, 3.63) is 29.2 Å². The molecule has 5 nitrogen and oxygen atoms in total. The fourth-order valence-corrected chi connectivity index (χ4v) is 1.85. The summed E-state index contributed by atoms with van der Waals surface area (Å²) in [5.74, 6) is 0.982. The molecule has 0 aliphatic rings. The maximum absolute atomic E-state index is 5.63. The normalized spacial score (nSPS) is 10.7. The van der Waals surface area contributed by atoms with E-state index in [0.29, 0.717) is 11.8 Å². The Morgan fingerprint density at radius 3 is 2.69 bits per heavy atom. The summed E-state index contributed by atoms with van der Waals surface area (Å²) in [6.45, 7) is 6.13. The molecule has 0 aliphatic heterocycles. The van der Waals surface area contributed by atoms with Crippen molar-refractivity contribution >= 4 is 5.82 Å². The fourth-order valence-electron chi connectivity index (χ4n) is 1.85. The molecule has 0 unspecified atom stereocenters. The molecule has 0 aromatic carbocycles. The van der Waals surface area contributed by atoms with E-state index in [1.807, 2.05) is 13.8 Å². The van der Waals surface area contributed by atoms with Gasteiger partial charge in [0.15, 0.2) is 0 Å². The Kier molecular flexibility index (Phi) is 2.60. The maximum Gasteiger partial charge on any atom is 0.252 e. The van der Waals surface area contributed by atoms with Crippen LogP contribution in [-0.4, -0.2) is 19.7 Å². The molecule has 16 heavy (non-hydrogen) atoms. The van der Waals surface area contributed by atoms with Crippen molar-refractivity contribution in [3.8, 4) is 5.95 Å². The topological polar surface area (TPSA) is 69.6 Å². The molecule has 0 aliphatic carbocycles. The van der Waals surface area contributed by atoms with Gasteiger partial charge in [0, 0.05) is 11.9 Å². The van der Waals surface area contributed by atoms with Crippen LogP contribution >= 0.6 is 0 Å². The summed E-state index contributed by atoms with van der Waals surface area (Å²) in [5, 5.41) is 4.43. The third-order valence-corrected chi connectivity index (χ3v) is 2.65. The van der Waals surface area contributed by atoms with Crippen LogP contribution in [-0.2, 0) is 6.42 Å². The standard InChI is InChI=1S/C11H15N5/c1-4-9-7(2)15-16(8(9)3)11-13-6-5-10(12)14-11/h5-6H,4H2,1-3H3,(H2,12,13,14). The van der Waals surface area contributed by atoms with Crippen molar-refractivity contribution < 1.29 is 0 Å². The molecule has 84 valence electrons. The molecular weight excluding hydrogens is 202 g/mol. The van der Waals surface area contributed by atoms with Gasteiger partial charge in [-0.05, 0) is 31.9 Å². The Bertz CT molecular complexity index is 515. The first-order chi connectivity index (χ1) is 7.63. The van der Waals surface area contributed by atoms with Crippen molar-refractivity contribution in [2.75, 3.05) is 5.73 Å². The molecule has 2 heterocycles. The maximum atomic E-state index is 5.63. The minimum Gasteiger partial charge on any atom is -0.384 e. The third kappa shape index (κ3) is 1.64. The van der Waals surface area contributed by atoms with Gasteiger partial charge in [-0.1, -0.05) is 6.92 Å². The second kappa shape index (κ2) is 3.92. The molecule has 0 saturated carbocycles. The number of aryl methyl sites for hydroxylation is 1. The van der Waals surface area contributed by atoms with Crippen molar-refractivity contribution in [3.63, 3.8) is 0 Å². The first kappa shape index (κ1) is 10.6. The summed E-state index contributed by atoms with van der Waals surface area (Å²) < 4.78 is 1.74. The molecule has 2 aromatic heterocycles. The quantitative estimate of drug-likeness (QED) is 0.826. The molecular formula is C11H15N5. The van der Waals surface area contributed by atoms with Crippen LogP contribution in [0.15, 0.2) is 12.3 Å². The molecule has 2 aromatic rings. The Hall–Kier alpha value is -1.91. The van der Waals surface area contributed by atoms with Crippen molar-refractivity contribution in [1.82, 2.24) is 19.7 Å². The monoisotopic (exact) mass is 217 g/mol. The lowest BCUT2D eigenvalue weighted by Gasteiger charge is -2.02. The van der Waals surface area contributed by atoms with Gasteiger partial charge in [-0.15, -0.1) is 0 Å². The van der Waals surface area contributed by atoms with Gasteiger partial charge in [0.25, 0.3) is 5.95 Å². The van der Waals surface area contributed by atoms with Gasteiger partial charge >= 0.3 is 0 Å². The molecule has 0 spiro atoms. The SMILES string of the molecule is CCc1c(C)nn(-c2nccc(N)n2)c1C. The molecule has 0 atom stereocenters. The van der Waals surface area contributed by atoms with E-state index >= 15 is 0 Å². The Morgan fingerprint density at radius 2 is 2.12 bits per heavy atom. The number of aromatic nitrogens is 4. The molecule has 2 N–H and O–H groups in total. The number of nitrogens with two attached hydrogens (primary N) is 1. The van der Waals surface area contributed by atoms with E-state index in [0.717, 1.165) is 17.8 Å². The van der Waals surface area contributed by atoms with E-state index in [1.165, 1.54) is 5.56 Å². The minimum absolute atomic E-state index is 0.454. The average molecular weight is 217 g/mol. The minimum atomic E-state index is 0.454. The van der Waals surface area contributed by atoms with Crippen LogP contribution in [0.4, 0.5) is 5.82 Å². The highest BCUT2D eigenvalue weighted by Crippen LogP contribution is 2.16. The number of hydrogen-bond donors (Lipinski definition) is 1. The van der Waals surface area contributed by atoms with Gasteiger partial charge in [0.1, 0.15) is 5.82 Å². The van der Waals surface area contributed by atoms with Gasteiger partial charge < -0.3 is 5.73 Å². The second-order valence-electron chi connectivity index (χ2n) is 3.70. The van der Waals surface area contributed by atoms with Crippen LogP contribution in [0.2, 0.25) is 0 Å². The van der Waals surface area contributed by atoms with Crippen LogP contribution < -0.4 is 5.73 Å². The lowest BCUT2D eigenvalue weighted by molar-refractivity contribution is 0.774. The number of nitrogen functional groups attached to an aromatic ring is 1. The Balaban J connectivity index is 2.56. The summed E-state index contributed by atoms with van der Waals surface area (Å²) in [7, 11) is 0. The summed E-state index contributed by atoms with van der Waals surface area (Å²) in [6, 6.07) is 1.66. The van der Waals surface area contributed by atoms with E-state index in [9.17, 15) is 0 Å². The van der Waals surface area contributed by atoms with Crippen LogP contribution in [0, 0.1) is 13.8 Å². The predicted molar refractivity (Wildman–Crippen MR) is 62.4 cm³/mol. The van der Waals surface area contributed by atoms with E-state index in [-0.39, 0.29) is 0 Å². The fraction of sp³-hybridized carbons (Fsp3) is 0.364. The average Bonchev–Trinajstić information content (AvgIpc) is 2.54. The highest BCUT2D eigenvalue weighted by atomic mass is 15.4. The highest BCUT2D eigenvalue weighted by Gasteiger charge is 2.12. The lowest BCUT2D eigenvalue weighted by Crippen LogP contribution is -2.06. The van der Waals surface area contributed by atoms with E-state index in [1.54, 1.807) is 16.9 Å². The summed E-state index contributed by atoms with van der Waals surface area (Å²) in [5.41, 5.74) is 8.97. The number of nitrogens with zero attached hydrogens (tertiary/aromatic N) is 4.